The molecule has 152 valence electrons. The van der Waals surface area contributed by atoms with E-state index < -0.39 is 11.7 Å². The van der Waals surface area contributed by atoms with Crippen LogP contribution in [0.25, 0.3) is 0 Å². The Kier molecular flexibility index (Phi) is 6.01. The highest BCUT2D eigenvalue weighted by molar-refractivity contribution is 7.99. The molecule has 0 aliphatic carbocycles. The maximum absolute atomic E-state index is 12.9. The van der Waals surface area contributed by atoms with Crippen molar-refractivity contribution in [1.29, 1.82) is 0 Å². The number of halogens is 3. The van der Waals surface area contributed by atoms with Gasteiger partial charge in [0.05, 0.1) is 11.3 Å². The smallest absolute Gasteiger partial charge is 0.368 e. The van der Waals surface area contributed by atoms with Crippen LogP contribution in [0, 0.1) is 0 Å². The molecule has 3 rings (SSSR count). The number of carbonyl (C=O) groups is 1. The van der Waals surface area contributed by atoms with E-state index in [1.807, 2.05) is 11.8 Å². The van der Waals surface area contributed by atoms with Gasteiger partial charge in [0.15, 0.2) is 5.16 Å². The Morgan fingerprint density at radius 2 is 1.96 bits per heavy atom. The lowest BCUT2D eigenvalue weighted by Gasteiger charge is -2.36. The van der Waals surface area contributed by atoms with E-state index in [4.69, 9.17) is 0 Å². The molecule has 0 atom stereocenters. The Bertz CT molecular complexity index is 887. The highest BCUT2D eigenvalue weighted by atomic mass is 32.2. The van der Waals surface area contributed by atoms with Crippen molar-refractivity contribution in [2.24, 2.45) is 0 Å². The van der Waals surface area contributed by atoms with Gasteiger partial charge in [-0.15, -0.1) is 5.10 Å². The van der Waals surface area contributed by atoms with Crippen molar-refractivity contribution in [3.05, 3.63) is 40.3 Å². The average molecular weight is 415 g/mol. The zero-order valence-corrected chi connectivity index (χ0v) is 16.0. The molecule has 2 heterocycles. The van der Waals surface area contributed by atoms with Crippen LogP contribution in [0.5, 0.6) is 0 Å². The molecule has 1 N–H and O–H groups in total. The molecule has 1 aliphatic heterocycles. The highest BCUT2D eigenvalue weighted by Gasteiger charge is 2.31. The lowest BCUT2D eigenvalue weighted by atomic mass is 10.1. The van der Waals surface area contributed by atoms with Crippen LogP contribution in [0.3, 0.4) is 0 Å². The summed E-state index contributed by atoms with van der Waals surface area (Å²) in [6.45, 7) is 4.05. The molecular formula is C17H20F3N5O2S. The fourth-order valence-corrected chi connectivity index (χ4v) is 3.92. The molecule has 28 heavy (non-hydrogen) atoms. The monoisotopic (exact) mass is 415 g/mol. The SMILES string of the molecule is CCn1c(SCC(=O)N2CCN(c3cccc(C(F)(F)F)c3)CC2)n[nH]c1=O. The van der Waals surface area contributed by atoms with Gasteiger partial charge < -0.3 is 9.80 Å². The predicted octanol–water partition coefficient (Wildman–Crippen LogP) is 2.05. The molecule has 2 aromatic rings. The van der Waals surface area contributed by atoms with Crippen molar-refractivity contribution in [3.8, 4) is 0 Å². The molecule has 0 unspecified atom stereocenters. The van der Waals surface area contributed by atoms with Crippen LogP contribution >= 0.6 is 11.8 Å². The maximum atomic E-state index is 12.9. The number of aromatic amines is 1. The molecule has 1 aromatic heterocycles. The third-order valence-corrected chi connectivity index (χ3v) is 5.50. The van der Waals surface area contributed by atoms with Gasteiger partial charge in [0.25, 0.3) is 0 Å². The number of hydrogen-bond acceptors (Lipinski definition) is 5. The molecule has 0 saturated carbocycles. The largest absolute Gasteiger partial charge is 0.416 e. The summed E-state index contributed by atoms with van der Waals surface area (Å²) in [7, 11) is 0. The Hall–Kier alpha value is -2.43. The first-order valence-corrected chi connectivity index (χ1v) is 9.76. The number of rotatable bonds is 5. The number of amides is 1. The zero-order chi connectivity index (χ0) is 20.3. The van der Waals surface area contributed by atoms with Crippen molar-refractivity contribution in [3.63, 3.8) is 0 Å². The normalized spacial score (nSPS) is 15.1. The summed E-state index contributed by atoms with van der Waals surface area (Å²) < 4.78 is 40.1. The number of piperazine rings is 1. The summed E-state index contributed by atoms with van der Waals surface area (Å²) in [5, 5.41) is 6.72. The maximum Gasteiger partial charge on any atom is 0.416 e. The second-order valence-corrected chi connectivity index (χ2v) is 7.20. The second kappa shape index (κ2) is 8.29. The molecule has 1 saturated heterocycles. The van der Waals surface area contributed by atoms with Crippen molar-refractivity contribution < 1.29 is 18.0 Å². The van der Waals surface area contributed by atoms with Crippen LogP contribution in [-0.4, -0.2) is 57.5 Å². The average Bonchev–Trinajstić information content (AvgIpc) is 3.05. The Morgan fingerprint density at radius 3 is 2.61 bits per heavy atom. The molecule has 1 fully saturated rings. The Balaban J connectivity index is 1.55. The van der Waals surface area contributed by atoms with Gasteiger partial charge in [0.2, 0.25) is 5.91 Å². The van der Waals surface area contributed by atoms with Crippen LogP contribution in [0.15, 0.2) is 34.2 Å². The summed E-state index contributed by atoms with van der Waals surface area (Å²) in [5.74, 6) is 0.0557. The molecule has 0 radical (unpaired) electrons. The molecule has 1 aliphatic rings. The lowest BCUT2D eigenvalue weighted by Crippen LogP contribution is -2.49. The van der Waals surface area contributed by atoms with Crippen molar-refractivity contribution >= 4 is 23.4 Å². The van der Waals surface area contributed by atoms with Gasteiger partial charge in [-0.3, -0.25) is 9.36 Å². The van der Waals surface area contributed by atoms with E-state index in [9.17, 15) is 22.8 Å². The quantitative estimate of drug-likeness (QED) is 0.757. The van der Waals surface area contributed by atoms with E-state index in [2.05, 4.69) is 10.2 Å². The van der Waals surface area contributed by atoms with Crippen LogP contribution in [0.2, 0.25) is 0 Å². The standard InChI is InChI=1S/C17H20F3N5O2S/c1-2-25-15(27)21-22-16(25)28-11-14(26)24-8-6-23(7-9-24)13-5-3-4-12(10-13)17(18,19)20/h3-5,10H,2,6-9,11H2,1H3,(H,21,27). The molecule has 0 spiro atoms. The van der Waals surface area contributed by atoms with E-state index in [1.165, 1.54) is 22.4 Å². The Labute approximate surface area is 163 Å². The molecule has 0 bridgehead atoms. The first kappa shape index (κ1) is 20.3. The number of carbonyl (C=O) groups excluding carboxylic acids is 1. The number of benzene rings is 1. The Morgan fingerprint density at radius 1 is 1.25 bits per heavy atom. The molecule has 11 heteroatoms. The van der Waals surface area contributed by atoms with Gasteiger partial charge in [-0.1, -0.05) is 17.8 Å². The van der Waals surface area contributed by atoms with Crippen LogP contribution in [-0.2, 0) is 17.5 Å². The van der Waals surface area contributed by atoms with Gasteiger partial charge >= 0.3 is 11.9 Å². The fraction of sp³-hybridized carbons (Fsp3) is 0.471. The third kappa shape index (κ3) is 4.51. The van der Waals surface area contributed by atoms with Gasteiger partial charge in [-0.05, 0) is 25.1 Å². The van der Waals surface area contributed by atoms with E-state index in [1.54, 1.807) is 11.0 Å². The number of hydrogen-bond donors (Lipinski definition) is 1. The fourth-order valence-electron chi connectivity index (χ4n) is 3.00. The topological polar surface area (TPSA) is 74.2 Å². The highest BCUT2D eigenvalue weighted by Crippen LogP contribution is 2.31. The van der Waals surface area contributed by atoms with Crippen molar-refractivity contribution in [1.82, 2.24) is 19.7 Å². The number of alkyl halides is 3. The van der Waals surface area contributed by atoms with Crippen molar-refractivity contribution in [2.75, 3.05) is 36.8 Å². The number of thioether (sulfide) groups is 1. The first-order valence-electron chi connectivity index (χ1n) is 8.77. The third-order valence-electron chi connectivity index (χ3n) is 4.54. The predicted molar refractivity (Wildman–Crippen MR) is 99.5 cm³/mol. The van der Waals surface area contributed by atoms with Crippen LogP contribution < -0.4 is 10.6 Å². The molecular weight excluding hydrogens is 395 g/mol. The minimum absolute atomic E-state index is 0.0909. The van der Waals surface area contributed by atoms with Gasteiger partial charge in [0, 0.05) is 38.4 Å². The summed E-state index contributed by atoms with van der Waals surface area (Å²) >= 11 is 1.19. The van der Waals surface area contributed by atoms with Crippen molar-refractivity contribution in [2.45, 2.75) is 24.8 Å². The minimum atomic E-state index is -4.38. The molecule has 1 aromatic carbocycles. The molecule has 7 nitrogen and oxygen atoms in total. The minimum Gasteiger partial charge on any atom is -0.368 e. The lowest BCUT2D eigenvalue weighted by molar-refractivity contribution is -0.137. The number of anilines is 1. The number of nitrogens with one attached hydrogen (secondary N) is 1. The summed E-state index contributed by atoms with van der Waals surface area (Å²) in [5.41, 5.74) is -0.493. The number of H-pyrrole nitrogens is 1. The van der Waals surface area contributed by atoms with Gasteiger partial charge in [0.1, 0.15) is 0 Å². The molecule has 1 amide bonds. The van der Waals surface area contributed by atoms with Crippen LogP contribution in [0.4, 0.5) is 18.9 Å². The van der Waals surface area contributed by atoms with E-state index in [0.717, 1.165) is 12.1 Å². The zero-order valence-electron chi connectivity index (χ0n) is 15.2. The van der Waals surface area contributed by atoms with Gasteiger partial charge in [-0.25, -0.2) is 9.89 Å². The van der Waals surface area contributed by atoms with Gasteiger partial charge in [-0.2, -0.15) is 13.2 Å². The van der Waals surface area contributed by atoms with E-state index in [-0.39, 0.29) is 17.3 Å². The van der Waals surface area contributed by atoms with E-state index in [0.29, 0.717) is 43.6 Å². The number of nitrogens with zero attached hydrogens (tertiary/aromatic N) is 4. The summed E-state index contributed by atoms with van der Waals surface area (Å²) in [4.78, 5) is 27.5. The van der Waals surface area contributed by atoms with E-state index >= 15 is 0 Å². The summed E-state index contributed by atoms with van der Waals surface area (Å²) in [6.07, 6.45) is -4.38. The first-order chi connectivity index (χ1) is 13.3. The van der Waals surface area contributed by atoms with Crippen LogP contribution in [0.1, 0.15) is 12.5 Å². The number of aromatic nitrogens is 3. The second-order valence-electron chi connectivity index (χ2n) is 6.26. The summed E-state index contributed by atoms with van der Waals surface area (Å²) in [6, 6.07) is 5.22.